The van der Waals surface area contributed by atoms with E-state index in [2.05, 4.69) is 10.2 Å². The number of rotatable bonds is 2. The van der Waals surface area contributed by atoms with E-state index in [1.165, 1.54) is 0 Å². The Labute approximate surface area is 128 Å². The number of carbonyl (C=O) groups excluding carboxylic acids is 3. The van der Waals surface area contributed by atoms with E-state index in [4.69, 9.17) is 5.73 Å². The van der Waals surface area contributed by atoms with Gasteiger partial charge in [0, 0.05) is 37.2 Å². The molecule has 2 fully saturated rings. The molecule has 0 saturated carbocycles. The van der Waals surface area contributed by atoms with Crippen molar-refractivity contribution in [1.82, 2.24) is 5.32 Å². The molecule has 3 N–H and O–H groups in total. The molecule has 2 aliphatic heterocycles. The summed E-state index contributed by atoms with van der Waals surface area (Å²) in [5.74, 6) is -0.748. The smallest absolute Gasteiger partial charge is 0.248 e. The Kier molecular flexibility index (Phi) is 3.60. The van der Waals surface area contributed by atoms with Gasteiger partial charge in [-0.2, -0.15) is 0 Å². The van der Waals surface area contributed by atoms with Gasteiger partial charge in [0.25, 0.3) is 0 Å². The van der Waals surface area contributed by atoms with Crippen LogP contribution in [0.4, 0.5) is 5.69 Å². The number of imide groups is 1. The summed E-state index contributed by atoms with van der Waals surface area (Å²) < 4.78 is 0. The zero-order valence-corrected chi connectivity index (χ0v) is 12.3. The third-order valence-corrected chi connectivity index (χ3v) is 4.69. The summed E-state index contributed by atoms with van der Waals surface area (Å²) in [6.07, 6.45) is 2.52. The molecule has 2 saturated heterocycles. The van der Waals surface area contributed by atoms with E-state index in [9.17, 15) is 14.4 Å². The van der Waals surface area contributed by atoms with Crippen molar-refractivity contribution in [2.75, 3.05) is 18.0 Å². The van der Waals surface area contributed by atoms with Crippen LogP contribution in [-0.2, 0) is 9.59 Å². The fourth-order valence-electron chi connectivity index (χ4n) is 3.42. The molecule has 0 aromatic heterocycles. The van der Waals surface area contributed by atoms with Gasteiger partial charge in [0.1, 0.15) is 0 Å². The number of anilines is 1. The molecule has 1 spiro atoms. The molecule has 2 aliphatic rings. The van der Waals surface area contributed by atoms with Crippen molar-refractivity contribution in [2.45, 2.75) is 25.7 Å². The van der Waals surface area contributed by atoms with Crippen LogP contribution in [0.1, 0.15) is 36.0 Å². The Bertz CT molecular complexity index is 598. The summed E-state index contributed by atoms with van der Waals surface area (Å²) in [4.78, 5) is 36.5. The molecule has 0 aliphatic carbocycles. The SMILES string of the molecule is NC(=O)c1ccc(N2CCC3(CC2)CC(=O)NC(=O)C3)cc1. The van der Waals surface area contributed by atoms with Gasteiger partial charge >= 0.3 is 0 Å². The van der Waals surface area contributed by atoms with Crippen molar-refractivity contribution in [2.24, 2.45) is 11.1 Å². The second-order valence-electron chi connectivity index (χ2n) is 6.22. The number of nitrogens with zero attached hydrogens (tertiary/aromatic N) is 1. The van der Waals surface area contributed by atoms with Gasteiger partial charge in [0.05, 0.1) is 0 Å². The zero-order valence-electron chi connectivity index (χ0n) is 12.3. The van der Waals surface area contributed by atoms with E-state index >= 15 is 0 Å². The first-order chi connectivity index (χ1) is 10.5. The molecule has 0 atom stereocenters. The molecular weight excluding hydrogens is 282 g/mol. The van der Waals surface area contributed by atoms with E-state index in [1.807, 2.05) is 12.1 Å². The first kappa shape index (κ1) is 14.6. The van der Waals surface area contributed by atoms with Crippen LogP contribution in [0.15, 0.2) is 24.3 Å². The van der Waals surface area contributed by atoms with Gasteiger partial charge in [-0.1, -0.05) is 0 Å². The Morgan fingerprint density at radius 2 is 1.59 bits per heavy atom. The number of piperidine rings is 2. The standard InChI is InChI=1S/C16H19N3O3/c17-15(22)11-1-3-12(4-2-11)19-7-5-16(6-8-19)9-13(20)18-14(21)10-16/h1-4H,5-10H2,(H2,17,22)(H,18,20,21). The maximum atomic E-state index is 11.6. The van der Waals surface area contributed by atoms with Crippen molar-refractivity contribution in [1.29, 1.82) is 0 Å². The summed E-state index contributed by atoms with van der Waals surface area (Å²) in [6.45, 7) is 1.60. The van der Waals surface area contributed by atoms with E-state index in [-0.39, 0.29) is 17.2 Å². The minimum absolute atomic E-state index is 0.157. The van der Waals surface area contributed by atoms with Gasteiger partial charge in [-0.25, -0.2) is 0 Å². The minimum atomic E-state index is -0.434. The Morgan fingerprint density at radius 3 is 2.09 bits per heavy atom. The largest absolute Gasteiger partial charge is 0.371 e. The summed E-state index contributed by atoms with van der Waals surface area (Å²) in [5.41, 5.74) is 6.59. The Balaban J connectivity index is 1.67. The zero-order chi connectivity index (χ0) is 15.7. The molecule has 1 aromatic carbocycles. The van der Waals surface area contributed by atoms with Crippen LogP contribution >= 0.6 is 0 Å². The number of primary amides is 1. The third kappa shape index (κ3) is 2.81. The first-order valence-corrected chi connectivity index (χ1v) is 7.45. The fraction of sp³-hybridized carbons (Fsp3) is 0.438. The highest BCUT2D eigenvalue weighted by Gasteiger charge is 2.41. The van der Waals surface area contributed by atoms with Crippen LogP contribution in [0.3, 0.4) is 0 Å². The van der Waals surface area contributed by atoms with Crippen LogP contribution in [0.5, 0.6) is 0 Å². The van der Waals surface area contributed by atoms with Crippen LogP contribution in [-0.4, -0.2) is 30.8 Å². The molecule has 0 radical (unpaired) electrons. The molecule has 1 aromatic rings. The first-order valence-electron chi connectivity index (χ1n) is 7.45. The minimum Gasteiger partial charge on any atom is -0.371 e. The number of nitrogens with two attached hydrogens (primary N) is 1. The summed E-state index contributed by atoms with van der Waals surface area (Å²) in [6, 6.07) is 7.22. The molecule has 22 heavy (non-hydrogen) atoms. The van der Waals surface area contributed by atoms with Gasteiger partial charge < -0.3 is 10.6 Å². The Hall–Kier alpha value is -2.37. The van der Waals surface area contributed by atoms with E-state index in [0.29, 0.717) is 18.4 Å². The molecule has 3 rings (SSSR count). The number of amides is 3. The van der Waals surface area contributed by atoms with Crippen LogP contribution < -0.4 is 16.0 Å². The molecule has 2 heterocycles. The number of hydrogen-bond donors (Lipinski definition) is 2. The molecule has 3 amide bonds. The Morgan fingerprint density at radius 1 is 1.05 bits per heavy atom. The highest BCUT2D eigenvalue weighted by Crippen LogP contribution is 2.41. The molecule has 116 valence electrons. The molecular formula is C16H19N3O3. The quantitative estimate of drug-likeness (QED) is 0.791. The molecule has 6 nitrogen and oxygen atoms in total. The highest BCUT2D eigenvalue weighted by molar-refractivity contribution is 5.98. The average Bonchev–Trinajstić information content (AvgIpc) is 2.47. The topological polar surface area (TPSA) is 92.5 Å². The van der Waals surface area contributed by atoms with Crippen molar-refractivity contribution < 1.29 is 14.4 Å². The van der Waals surface area contributed by atoms with Crippen molar-refractivity contribution >= 4 is 23.4 Å². The van der Waals surface area contributed by atoms with E-state index in [0.717, 1.165) is 31.6 Å². The third-order valence-electron chi connectivity index (χ3n) is 4.69. The number of benzene rings is 1. The van der Waals surface area contributed by atoms with Gasteiger partial charge in [0.2, 0.25) is 17.7 Å². The number of carbonyl (C=O) groups is 3. The number of nitrogens with one attached hydrogen (secondary N) is 1. The van der Waals surface area contributed by atoms with E-state index < -0.39 is 5.91 Å². The molecule has 6 heteroatoms. The van der Waals surface area contributed by atoms with Crippen LogP contribution in [0, 0.1) is 5.41 Å². The van der Waals surface area contributed by atoms with Gasteiger partial charge in [-0.3, -0.25) is 19.7 Å². The van der Waals surface area contributed by atoms with Crippen molar-refractivity contribution in [3.05, 3.63) is 29.8 Å². The van der Waals surface area contributed by atoms with Crippen molar-refractivity contribution in [3.8, 4) is 0 Å². The van der Waals surface area contributed by atoms with Gasteiger partial charge in [0.15, 0.2) is 0 Å². The van der Waals surface area contributed by atoms with E-state index in [1.54, 1.807) is 12.1 Å². The lowest BCUT2D eigenvalue weighted by molar-refractivity contribution is -0.138. The van der Waals surface area contributed by atoms with Crippen LogP contribution in [0.25, 0.3) is 0 Å². The highest BCUT2D eigenvalue weighted by atomic mass is 16.2. The normalized spacial score (nSPS) is 20.8. The maximum absolute atomic E-state index is 11.6. The lowest BCUT2D eigenvalue weighted by atomic mass is 9.71. The molecule has 0 bridgehead atoms. The lowest BCUT2D eigenvalue weighted by Crippen LogP contribution is -2.50. The monoisotopic (exact) mass is 301 g/mol. The second-order valence-corrected chi connectivity index (χ2v) is 6.22. The summed E-state index contributed by atoms with van der Waals surface area (Å²) in [7, 11) is 0. The fourth-order valence-corrected chi connectivity index (χ4v) is 3.42. The predicted octanol–water partition coefficient (Wildman–Crippen LogP) is 0.809. The van der Waals surface area contributed by atoms with Gasteiger partial charge in [-0.05, 0) is 42.5 Å². The molecule has 0 unspecified atom stereocenters. The average molecular weight is 301 g/mol. The summed E-state index contributed by atoms with van der Waals surface area (Å²) >= 11 is 0. The lowest BCUT2D eigenvalue weighted by Gasteiger charge is -2.43. The van der Waals surface area contributed by atoms with Crippen LogP contribution in [0.2, 0.25) is 0 Å². The second kappa shape index (κ2) is 5.44. The number of hydrogen-bond acceptors (Lipinski definition) is 4. The maximum Gasteiger partial charge on any atom is 0.248 e. The van der Waals surface area contributed by atoms with Crippen molar-refractivity contribution in [3.63, 3.8) is 0 Å². The summed E-state index contributed by atoms with van der Waals surface area (Å²) in [5, 5.41) is 2.38. The van der Waals surface area contributed by atoms with Gasteiger partial charge in [-0.15, -0.1) is 0 Å². The predicted molar refractivity (Wildman–Crippen MR) is 81.2 cm³/mol.